The second-order valence-electron chi connectivity index (χ2n) is 8.17. The fourth-order valence-corrected chi connectivity index (χ4v) is 4.06. The molecule has 0 amide bonds. The molecular weight excluding hydrogens is 440 g/mol. The van der Waals surface area contributed by atoms with Crippen molar-refractivity contribution in [3.8, 4) is 11.5 Å². The Morgan fingerprint density at radius 1 is 1.21 bits per heavy atom. The quantitative estimate of drug-likeness (QED) is 0.194. The number of esters is 1. The molecule has 8 heteroatoms. The third-order valence-corrected chi connectivity index (χ3v) is 5.75. The normalized spacial score (nSPS) is 12.8. The Bertz CT molecular complexity index is 1180. The molecule has 0 spiro atoms. The van der Waals surface area contributed by atoms with Gasteiger partial charge in [-0.1, -0.05) is 24.2 Å². The predicted molar refractivity (Wildman–Crippen MR) is 131 cm³/mol. The topological polar surface area (TPSA) is 67.8 Å². The van der Waals surface area contributed by atoms with Crippen LogP contribution in [0, 0.1) is 0 Å². The average Bonchev–Trinajstić information content (AvgIpc) is 3.21. The second-order valence-corrected chi connectivity index (χ2v) is 8.61. The number of carbonyl (C=O) groups is 1. The van der Waals surface area contributed by atoms with Gasteiger partial charge in [-0.25, -0.2) is 14.8 Å². The molecule has 1 aliphatic rings. The molecule has 0 unspecified atom stereocenters. The van der Waals surface area contributed by atoms with Crippen molar-refractivity contribution in [2.45, 2.75) is 19.3 Å². The number of hydrogen-bond donors (Lipinski definition) is 0. The highest BCUT2D eigenvalue weighted by Gasteiger charge is 2.24. The third kappa shape index (κ3) is 5.26. The molecule has 7 nitrogen and oxygen atoms in total. The molecule has 4 rings (SSSR count). The summed E-state index contributed by atoms with van der Waals surface area (Å²) < 4.78 is 11.5. The number of anilines is 2. The number of unbranched alkanes of at least 4 members (excludes halogenated alkanes) is 1. The van der Waals surface area contributed by atoms with Gasteiger partial charge in [0, 0.05) is 34.8 Å². The molecule has 0 bridgehead atoms. The number of fused-ring (bicyclic) bond motifs is 2. The van der Waals surface area contributed by atoms with Crippen LogP contribution >= 0.6 is 11.6 Å². The highest BCUT2D eigenvalue weighted by atomic mass is 35.5. The second kappa shape index (κ2) is 10.2. The van der Waals surface area contributed by atoms with Crippen LogP contribution in [0.5, 0.6) is 11.5 Å². The summed E-state index contributed by atoms with van der Waals surface area (Å²) in [6.07, 6.45) is 5.45. The molecule has 0 radical (unpaired) electrons. The third-order valence-electron chi connectivity index (χ3n) is 5.51. The van der Waals surface area contributed by atoms with Crippen LogP contribution in [0.3, 0.4) is 0 Å². The summed E-state index contributed by atoms with van der Waals surface area (Å²) in [5, 5.41) is 1.43. The fourth-order valence-electron chi connectivity index (χ4n) is 3.89. The van der Waals surface area contributed by atoms with E-state index in [1.54, 1.807) is 12.1 Å². The van der Waals surface area contributed by atoms with Crippen LogP contribution in [-0.4, -0.2) is 54.6 Å². The molecule has 0 aliphatic carbocycles. The zero-order valence-electron chi connectivity index (χ0n) is 18.9. The van der Waals surface area contributed by atoms with Gasteiger partial charge < -0.3 is 19.3 Å². The van der Waals surface area contributed by atoms with Crippen LogP contribution in [0.15, 0.2) is 49.3 Å². The lowest BCUT2D eigenvalue weighted by Crippen LogP contribution is -2.16. The van der Waals surface area contributed by atoms with Gasteiger partial charge in [0.05, 0.1) is 12.1 Å². The van der Waals surface area contributed by atoms with E-state index in [4.69, 9.17) is 21.1 Å². The van der Waals surface area contributed by atoms with Crippen molar-refractivity contribution in [2.24, 2.45) is 0 Å². The largest absolute Gasteiger partial charge is 0.490 e. The fraction of sp³-hybridized carbons (Fsp3) is 0.320. The minimum absolute atomic E-state index is 0.321. The molecule has 0 saturated carbocycles. The maximum atomic E-state index is 12.0. The van der Waals surface area contributed by atoms with Crippen LogP contribution in [0.4, 0.5) is 11.5 Å². The Kier molecular flexibility index (Phi) is 7.11. The Labute approximate surface area is 198 Å². The smallest absolute Gasteiger partial charge is 0.335 e. The summed E-state index contributed by atoms with van der Waals surface area (Å²) in [6, 6.07) is 9.45. The first-order chi connectivity index (χ1) is 16.0. The first-order valence-electron chi connectivity index (χ1n) is 10.9. The number of carbonyl (C=O) groups excluding carboxylic acids is 1. The molecule has 2 heterocycles. The van der Waals surface area contributed by atoms with E-state index in [0.29, 0.717) is 28.6 Å². The number of rotatable bonds is 9. The molecular formula is C25H27ClN4O3. The first-order valence-corrected chi connectivity index (χ1v) is 11.3. The number of halogens is 1. The van der Waals surface area contributed by atoms with Gasteiger partial charge in [0.25, 0.3) is 0 Å². The van der Waals surface area contributed by atoms with Gasteiger partial charge in [-0.3, -0.25) is 0 Å². The minimum Gasteiger partial charge on any atom is -0.490 e. The SMILES string of the molecule is C=CC(=O)Oc1cc2c(N3CCc4ccc(Cl)cc43)ncnc2cc1OCCCCN(C)C. The first kappa shape index (κ1) is 23.0. The highest BCUT2D eigenvalue weighted by molar-refractivity contribution is 6.31. The molecule has 172 valence electrons. The number of benzene rings is 2. The van der Waals surface area contributed by atoms with Crippen molar-refractivity contribution in [2.75, 3.05) is 38.7 Å². The van der Waals surface area contributed by atoms with Gasteiger partial charge in [0.15, 0.2) is 11.5 Å². The van der Waals surface area contributed by atoms with Crippen molar-refractivity contribution in [3.05, 3.63) is 59.9 Å². The number of ether oxygens (including phenoxy) is 2. The van der Waals surface area contributed by atoms with Gasteiger partial charge in [-0.05, 0) is 63.7 Å². The van der Waals surface area contributed by atoms with Crippen LogP contribution in [0.1, 0.15) is 18.4 Å². The van der Waals surface area contributed by atoms with Gasteiger partial charge >= 0.3 is 5.97 Å². The molecule has 0 N–H and O–H groups in total. The van der Waals surface area contributed by atoms with E-state index in [1.165, 1.54) is 11.9 Å². The van der Waals surface area contributed by atoms with Crippen molar-refractivity contribution >= 4 is 40.0 Å². The Morgan fingerprint density at radius 2 is 2.06 bits per heavy atom. The van der Waals surface area contributed by atoms with Gasteiger partial charge in [-0.2, -0.15) is 0 Å². The number of aromatic nitrogens is 2. The summed E-state index contributed by atoms with van der Waals surface area (Å²) in [7, 11) is 4.09. The van der Waals surface area contributed by atoms with Crippen molar-refractivity contribution in [1.29, 1.82) is 0 Å². The monoisotopic (exact) mass is 466 g/mol. The maximum absolute atomic E-state index is 12.0. The highest BCUT2D eigenvalue weighted by Crippen LogP contribution is 2.41. The van der Waals surface area contributed by atoms with E-state index in [0.717, 1.165) is 55.3 Å². The van der Waals surface area contributed by atoms with Crippen molar-refractivity contribution in [3.63, 3.8) is 0 Å². The van der Waals surface area contributed by atoms with Crippen LogP contribution in [0.2, 0.25) is 5.02 Å². The summed E-state index contributed by atoms with van der Waals surface area (Å²) >= 11 is 6.26. The van der Waals surface area contributed by atoms with Crippen molar-refractivity contribution < 1.29 is 14.3 Å². The minimum atomic E-state index is -0.552. The molecule has 3 aromatic rings. The van der Waals surface area contributed by atoms with Crippen LogP contribution in [-0.2, 0) is 11.2 Å². The van der Waals surface area contributed by atoms with E-state index >= 15 is 0 Å². The van der Waals surface area contributed by atoms with E-state index in [9.17, 15) is 4.79 Å². The van der Waals surface area contributed by atoms with Gasteiger partial charge in [-0.15, -0.1) is 0 Å². The van der Waals surface area contributed by atoms with Crippen molar-refractivity contribution in [1.82, 2.24) is 14.9 Å². The van der Waals surface area contributed by atoms with Crippen LogP contribution < -0.4 is 14.4 Å². The van der Waals surface area contributed by atoms with Gasteiger partial charge in [0.2, 0.25) is 0 Å². The van der Waals surface area contributed by atoms with Gasteiger partial charge in [0.1, 0.15) is 12.1 Å². The molecule has 2 aromatic carbocycles. The van der Waals surface area contributed by atoms with E-state index < -0.39 is 5.97 Å². The van der Waals surface area contributed by atoms with E-state index in [2.05, 4.69) is 26.3 Å². The molecule has 1 aliphatic heterocycles. The molecule has 0 saturated heterocycles. The Balaban J connectivity index is 1.68. The average molecular weight is 467 g/mol. The molecule has 0 atom stereocenters. The summed E-state index contributed by atoms with van der Waals surface area (Å²) in [5.41, 5.74) is 2.94. The zero-order valence-corrected chi connectivity index (χ0v) is 19.6. The molecule has 1 aromatic heterocycles. The Morgan fingerprint density at radius 3 is 2.85 bits per heavy atom. The van der Waals surface area contributed by atoms with E-state index in [-0.39, 0.29) is 0 Å². The molecule has 33 heavy (non-hydrogen) atoms. The van der Waals surface area contributed by atoms with E-state index in [1.807, 2.05) is 32.3 Å². The Hall–Kier alpha value is -3.16. The molecule has 0 fully saturated rings. The van der Waals surface area contributed by atoms with Crippen LogP contribution in [0.25, 0.3) is 10.9 Å². The summed E-state index contributed by atoms with van der Waals surface area (Å²) in [4.78, 5) is 25.3. The zero-order chi connectivity index (χ0) is 23.4. The lowest BCUT2D eigenvalue weighted by molar-refractivity contribution is -0.129. The standard InChI is InChI=1S/C25H27ClN4O3/c1-4-24(31)33-23-14-19-20(15-22(23)32-12-6-5-10-29(2)3)27-16-28-25(19)30-11-9-17-7-8-18(26)13-21(17)30/h4,7-8,13-16H,1,5-6,9-12H2,2-3H3. The summed E-state index contributed by atoms with van der Waals surface area (Å²) in [6.45, 7) is 5.76. The number of hydrogen-bond acceptors (Lipinski definition) is 7. The maximum Gasteiger partial charge on any atom is 0.335 e. The predicted octanol–water partition coefficient (Wildman–Crippen LogP) is 4.79. The lowest BCUT2D eigenvalue weighted by atomic mass is 10.1. The number of nitrogens with zero attached hydrogens (tertiary/aromatic N) is 4. The summed E-state index contributed by atoms with van der Waals surface area (Å²) in [5.74, 6) is 0.969. The lowest BCUT2D eigenvalue weighted by Gasteiger charge is -2.21.